The van der Waals surface area contributed by atoms with Crippen molar-refractivity contribution >= 4 is 29.3 Å². The fourth-order valence-electron chi connectivity index (χ4n) is 4.99. The van der Waals surface area contributed by atoms with E-state index in [4.69, 9.17) is 11.6 Å². The Bertz CT molecular complexity index is 1260. The van der Waals surface area contributed by atoms with E-state index >= 15 is 0 Å². The zero-order valence-corrected chi connectivity index (χ0v) is 21.4. The van der Waals surface area contributed by atoms with Gasteiger partial charge in [-0.05, 0) is 49.1 Å². The van der Waals surface area contributed by atoms with Gasteiger partial charge in [-0.2, -0.15) is 28.1 Å². The number of aromatic nitrogens is 4. The molecule has 0 bridgehead atoms. The predicted octanol–water partition coefficient (Wildman–Crippen LogP) is 6.06. The molecule has 0 amide bonds. The molecule has 2 fully saturated rings. The Kier molecular flexibility index (Phi) is 7.83. The summed E-state index contributed by atoms with van der Waals surface area (Å²) in [4.78, 5) is 21.1. The number of alkyl halides is 3. The summed E-state index contributed by atoms with van der Waals surface area (Å²) in [6.45, 7) is 2.02. The molecule has 0 unspecified atom stereocenters. The lowest BCUT2D eigenvalue weighted by atomic mass is 9.89. The molecule has 0 spiro atoms. The van der Waals surface area contributed by atoms with E-state index in [-0.39, 0.29) is 22.2 Å². The van der Waals surface area contributed by atoms with Gasteiger partial charge in [-0.15, -0.1) is 0 Å². The molecule has 1 saturated heterocycles. The quantitative estimate of drug-likeness (QED) is 0.375. The van der Waals surface area contributed by atoms with Crippen LogP contribution in [0, 0.1) is 11.7 Å². The van der Waals surface area contributed by atoms with Gasteiger partial charge < -0.3 is 15.1 Å². The van der Waals surface area contributed by atoms with Crippen LogP contribution in [-0.4, -0.2) is 52.7 Å². The van der Waals surface area contributed by atoms with Crippen LogP contribution >= 0.6 is 11.6 Å². The van der Waals surface area contributed by atoms with E-state index < -0.39 is 17.6 Å². The molecule has 0 radical (unpaired) electrons. The van der Waals surface area contributed by atoms with Gasteiger partial charge in [0, 0.05) is 43.9 Å². The summed E-state index contributed by atoms with van der Waals surface area (Å²) in [6.07, 6.45) is 2.80. The van der Waals surface area contributed by atoms with Crippen molar-refractivity contribution < 1.29 is 17.6 Å². The van der Waals surface area contributed by atoms with E-state index in [0.29, 0.717) is 50.5 Å². The van der Waals surface area contributed by atoms with Crippen LogP contribution in [0.3, 0.4) is 0 Å². The molecule has 2 aromatic heterocycles. The average molecular weight is 550 g/mol. The number of hydrogen-bond acceptors (Lipinski definition) is 7. The van der Waals surface area contributed by atoms with Gasteiger partial charge in [0.15, 0.2) is 5.82 Å². The van der Waals surface area contributed by atoms with Crippen LogP contribution < -0.4 is 15.1 Å². The zero-order chi connectivity index (χ0) is 26.7. The molecule has 1 saturated carbocycles. The smallest absolute Gasteiger partial charge is 0.354 e. The van der Waals surface area contributed by atoms with Crippen LogP contribution in [0.15, 0.2) is 36.5 Å². The zero-order valence-electron chi connectivity index (χ0n) is 20.7. The average Bonchev–Trinajstić information content (AvgIpc) is 2.92. The van der Waals surface area contributed by atoms with Crippen LogP contribution in [0.2, 0.25) is 5.02 Å². The standard InChI is InChI=1S/C26H28ClF4N7/c27-18-8-9-19(21(28)15-18)22-34-24(33-16-17-5-2-1-3-6-17)36-25(35-22)38-13-11-37(12-14-38)23-20(26(29,30)31)7-4-10-32-23/h4,7-10,15,17H,1-3,5-6,11-14,16H2,(H,33,34,35,36). The molecule has 1 N–H and O–H groups in total. The maximum absolute atomic E-state index is 14.8. The minimum Gasteiger partial charge on any atom is -0.354 e. The van der Waals surface area contributed by atoms with Crippen molar-refractivity contribution in [2.75, 3.05) is 47.8 Å². The first-order chi connectivity index (χ1) is 18.3. The van der Waals surface area contributed by atoms with Crippen molar-refractivity contribution in [1.82, 2.24) is 19.9 Å². The highest BCUT2D eigenvalue weighted by molar-refractivity contribution is 6.30. The van der Waals surface area contributed by atoms with E-state index in [1.807, 2.05) is 4.90 Å². The maximum Gasteiger partial charge on any atom is 0.419 e. The van der Waals surface area contributed by atoms with Crippen LogP contribution in [0.25, 0.3) is 11.4 Å². The fraction of sp³-hybridized carbons (Fsp3) is 0.462. The molecule has 1 aromatic carbocycles. The maximum atomic E-state index is 14.8. The van der Waals surface area contributed by atoms with Gasteiger partial charge in [0.2, 0.25) is 11.9 Å². The fourth-order valence-corrected chi connectivity index (χ4v) is 5.15. The molecular weight excluding hydrogens is 522 g/mol. The highest BCUT2D eigenvalue weighted by Gasteiger charge is 2.36. The van der Waals surface area contributed by atoms with Crippen molar-refractivity contribution in [1.29, 1.82) is 0 Å². The summed E-state index contributed by atoms with van der Waals surface area (Å²) in [5, 5.41) is 3.57. The highest BCUT2D eigenvalue weighted by atomic mass is 35.5. The van der Waals surface area contributed by atoms with Crippen molar-refractivity contribution in [3.63, 3.8) is 0 Å². The Labute approximate surface area is 223 Å². The first kappa shape index (κ1) is 26.4. The number of piperazine rings is 1. The number of nitrogens with one attached hydrogen (secondary N) is 1. The lowest BCUT2D eigenvalue weighted by molar-refractivity contribution is -0.137. The second-order valence-electron chi connectivity index (χ2n) is 9.64. The topological polar surface area (TPSA) is 70.1 Å². The molecule has 1 aliphatic heterocycles. The van der Waals surface area contributed by atoms with Crippen molar-refractivity contribution in [2.24, 2.45) is 5.92 Å². The molecule has 1 aliphatic carbocycles. The Morgan fingerprint density at radius 1 is 0.947 bits per heavy atom. The monoisotopic (exact) mass is 549 g/mol. The Morgan fingerprint density at radius 3 is 2.39 bits per heavy atom. The van der Waals surface area contributed by atoms with E-state index in [9.17, 15) is 17.6 Å². The summed E-state index contributed by atoms with van der Waals surface area (Å²) in [5.74, 6) is 0.733. The number of halogens is 5. The molecule has 3 aromatic rings. The van der Waals surface area contributed by atoms with Gasteiger partial charge in [0.05, 0.1) is 11.1 Å². The third kappa shape index (κ3) is 6.09. The third-order valence-corrected chi connectivity index (χ3v) is 7.26. The van der Waals surface area contributed by atoms with Crippen LogP contribution in [0.4, 0.5) is 35.3 Å². The lowest BCUT2D eigenvalue weighted by Gasteiger charge is -2.36. The van der Waals surface area contributed by atoms with Crippen molar-refractivity contribution in [2.45, 2.75) is 38.3 Å². The molecular formula is C26H28ClF4N7. The van der Waals surface area contributed by atoms with Gasteiger partial charge in [0.25, 0.3) is 0 Å². The molecule has 202 valence electrons. The molecule has 2 aliphatic rings. The number of nitrogens with zero attached hydrogens (tertiary/aromatic N) is 6. The van der Waals surface area contributed by atoms with Gasteiger partial charge in [-0.3, -0.25) is 0 Å². The molecule has 12 heteroatoms. The van der Waals surface area contributed by atoms with Gasteiger partial charge >= 0.3 is 6.18 Å². The van der Waals surface area contributed by atoms with Crippen molar-refractivity contribution in [3.05, 3.63) is 52.9 Å². The van der Waals surface area contributed by atoms with E-state index in [1.54, 1.807) is 11.0 Å². The Hall–Kier alpha value is -3.21. The molecule has 0 atom stereocenters. The lowest BCUT2D eigenvalue weighted by Crippen LogP contribution is -2.48. The van der Waals surface area contributed by atoms with E-state index in [2.05, 4.69) is 25.3 Å². The van der Waals surface area contributed by atoms with Crippen LogP contribution in [0.5, 0.6) is 0 Å². The van der Waals surface area contributed by atoms with Gasteiger partial charge in [0.1, 0.15) is 11.6 Å². The normalized spacial score (nSPS) is 17.1. The van der Waals surface area contributed by atoms with Crippen LogP contribution in [-0.2, 0) is 6.18 Å². The molecule has 7 nitrogen and oxygen atoms in total. The van der Waals surface area contributed by atoms with Gasteiger partial charge in [-0.25, -0.2) is 9.37 Å². The second kappa shape index (κ2) is 11.3. The summed E-state index contributed by atoms with van der Waals surface area (Å²) in [7, 11) is 0. The molecule has 5 rings (SSSR count). The minimum absolute atomic E-state index is 0.0888. The first-order valence-electron chi connectivity index (χ1n) is 12.8. The van der Waals surface area contributed by atoms with E-state index in [0.717, 1.165) is 18.9 Å². The molecule has 3 heterocycles. The van der Waals surface area contributed by atoms with Gasteiger partial charge in [-0.1, -0.05) is 30.9 Å². The Balaban J connectivity index is 1.38. The van der Waals surface area contributed by atoms with E-state index in [1.165, 1.54) is 43.7 Å². The minimum atomic E-state index is -4.49. The summed E-state index contributed by atoms with van der Waals surface area (Å²) in [6, 6.07) is 6.63. The first-order valence-corrected chi connectivity index (χ1v) is 13.1. The largest absolute Gasteiger partial charge is 0.419 e. The third-order valence-electron chi connectivity index (χ3n) is 7.02. The van der Waals surface area contributed by atoms with Crippen LogP contribution in [0.1, 0.15) is 37.7 Å². The number of rotatable bonds is 6. The number of benzene rings is 1. The van der Waals surface area contributed by atoms with Crippen molar-refractivity contribution in [3.8, 4) is 11.4 Å². The number of anilines is 3. The highest BCUT2D eigenvalue weighted by Crippen LogP contribution is 2.35. The molecule has 38 heavy (non-hydrogen) atoms. The number of hydrogen-bond donors (Lipinski definition) is 1. The summed E-state index contributed by atoms with van der Waals surface area (Å²) in [5.41, 5.74) is -0.566. The summed E-state index contributed by atoms with van der Waals surface area (Å²) >= 11 is 5.93. The predicted molar refractivity (Wildman–Crippen MR) is 139 cm³/mol. The summed E-state index contributed by atoms with van der Waals surface area (Å²) < 4.78 is 55.3. The SMILES string of the molecule is Fc1cc(Cl)ccc1-c1nc(NCC2CCCCC2)nc(N2CCN(c3ncccc3C(F)(F)F)CC2)n1. The second-order valence-corrected chi connectivity index (χ2v) is 10.1. The Morgan fingerprint density at radius 2 is 1.68 bits per heavy atom. The number of pyridine rings is 1.